The summed E-state index contributed by atoms with van der Waals surface area (Å²) in [5, 5.41) is 0. The van der Waals surface area contributed by atoms with Gasteiger partial charge in [-0.3, -0.25) is 9.59 Å². The zero-order chi connectivity index (χ0) is 22.8. The van der Waals surface area contributed by atoms with Crippen molar-refractivity contribution in [3.63, 3.8) is 0 Å². The predicted molar refractivity (Wildman–Crippen MR) is 137 cm³/mol. The minimum Gasteiger partial charge on any atom is -0.300 e. The standard InChI is InChI=1S/C29H56O2/c1-3-5-7-8-9-10-11-12-13-14-15-16-17-18-19-20-21-25-29(31)27-23-22-26-28(30)24-6-4-2/h3-27H2,1-2H3. The summed E-state index contributed by atoms with van der Waals surface area (Å²) in [6.07, 6.45) is 30.1. The van der Waals surface area contributed by atoms with E-state index in [1.165, 1.54) is 103 Å². The molecule has 0 aromatic carbocycles. The average Bonchev–Trinajstić information content (AvgIpc) is 2.77. The molecule has 0 N–H and O–H groups in total. The lowest BCUT2D eigenvalue weighted by Crippen LogP contribution is -2.00. The molecule has 0 rings (SSSR count). The highest BCUT2D eigenvalue weighted by atomic mass is 16.1. The fourth-order valence-electron chi connectivity index (χ4n) is 4.32. The average molecular weight is 437 g/mol. The Morgan fingerprint density at radius 3 is 0.871 bits per heavy atom. The molecule has 0 bridgehead atoms. The van der Waals surface area contributed by atoms with Crippen molar-refractivity contribution in [2.75, 3.05) is 0 Å². The lowest BCUT2D eigenvalue weighted by Gasteiger charge is -2.04. The normalized spacial score (nSPS) is 11.2. The highest BCUT2D eigenvalue weighted by molar-refractivity contribution is 5.79. The van der Waals surface area contributed by atoms with Crippen LogP contribution in [0.25, 0.3) is 0 Å². The van der Waals surface area contributed by atoms with Crippen molar-refractivity contribution in [3.05, 3.63) is 0 Å². The zero-order valence-corrected chi connectivity index (χ0v) is 21.5. The number of hydrogen-bond donors (Lipinski definition) is 0. The van der Waals surface area contributed by atoms with E-state index in [1.54, 1.807) is 0 Å². The van der Waals surface area contributed by atoms with Crippen LogP contribution >= 0.6 is 0 Å². The summed E-state index contributed by atoms with van der Waals surface area (Å²) in [5.74, 6) is 0.782. The Bertz CT molecular complexity index is 388. The third-order valence-electron chi connectivity index (χ3n) is 6.53. The second-order valence-corrected chi connectivity index (χ2v) is 9.79. The van der Waals surface area contributed by atoms with E-state index in [2.05, 4.69) is 13.8 Å². The summed E-state index contributed by atoms with van der Waals surface area (Å²) in [7, 11) is 0. The van der Waals surface area contributed by atoms with Crippen LogP contribution in [0.5, 0.6) is 0 Å². The third-order valence-corrected chi connectivity index (χ3v) is 6.53. The molecule has 0 saturated heterocycles. The number of carbonyl (C=O) groups excluding carboxylic acids is 2. The van der Waals surface area contributed by atoms with Gasteiger partial charge < -0.3 is 0 Å². The molecule has 0 saturated carbocycles. The Kier molecular flexibility index (Phi) is 25.1. The van der Waals surface area contributed by atoms with E-state index in [4.69, 9.17) is 0 Å². The molecule has 2 nitrogen and oxygen atoms in total. The van der Waals surface area contributed by atoms with E-state index in [0.29, 0.717) is 24.4 Å². The van der Waals surface area contributed by atoms with Gasteiger partial charge in [-0.2, -0.15) is 0 Å². The van der Waals surface area contributed by atoms with Gasteiger partial charge in [-0.1, -0.05) is 123 Å². The summed E-state index contributed by atoms with van der Waals surface area (Å²) in [6, 6.07) is 0. The molecule has 0 amide bonds. The minimum absolute atomic E-state index is 0.377. The van der Waals surface area contributed by atoms with Crippen LogP contribution in [-0.4, -0.2) is 11.6 Å². The fourth-order valence-corrected chi connectivity index (χ4v) is 4.32. The summed E-state index contributed by atoms with van der Waals surface area (Å²) in [6.45, 7) is 4.40. The van der Waals surface area contributed by atoms with Crippen LogP contribution in [0.1, 0.15) is 174 Å². The van der Waals surface area contributed by atoms with Gasteiger partial charge in [0.25, 0.3) is 0 Å². The molecule has 0 radical (unpaired) electrons. The monoisotopic (exact) mass is 436 g/mol. The Labute approximate surface area is 195 Å². The van der Waals surface area contributed by atoms with Gasteiger partial charge in [-0.25, -0.2) is 0 Å². The molecule has 2 heteroatoms. The molecule has 0 aliphatic heterocycles. The van der Waals surface area contributed by atoms with Crippen LogP contribution in [0.2, 0.25) is 0 Å². The Hall–Kier alpha value is -0.660. The Balaban J connectivity index is 3.19. The fraction of sp³-hybridized carbons (Fsp3) is 0.931. The van der Waals surface area contributed by atoms with Crippen molar-refractivity contribution < 1.29 is 9.59 Å². The number of ketones is 2. The quantitative estimate of drug-likeness (QED) is 0.126. The molecule has 0 aromatic heterocycles. The zero-order valence-electron chi connectivity index (χ0n) is 21.5. The highest BCUT2D eigenvalue weighted by Gasteiger charge is 2.04. The number of Topliss-reactive ketones (excluding diaryl/α,β-unsaturated/α-hetero) is 2. The molecular formula is C29H56O2. The van der Waals surface area contributed by atoms with Gasteiger partial charge >= 0.3 is 0 Å². The third kappa shape index (κ3) is 25.5. The molecule has 0 aromatic rings. The molecule has 0 atom stereocenters. The molecule has 0 heterocycles. The molecular weight excluding hydrogens is 380 g/mol. The molecule has 0 aliphatic rings. The molecule has 0 aliphatic carbocycles. The van der Waals surface area contributed by atoms with E-state index in [1.807, 2.05) is 0 Å². The Morgan fingerprint density at radius 2 is 0.548 bits per heavy atom. The number of unbranched alkanes of at least 4 members (excludes halogenated alkanes) is 18. The summed E-state index contributed by atoms with van der Waals surface area (Å²) < 4.78 is 0. The second kappa shape index (κ2) is 25.6. The van der Waals surface area contributed by atoms with Gasteiger partial charge in [0.15, 0.2) is 0 Å². The Morgan fingerprint density at radius 1 is 0.323 bits per heavy atom. The number of hydrogen-bond acceptors (Lipinski definition) is 2. The smallest absolute Gasteiger partial charge is 0.132 e. The van der Waals surface area contributed by atoms with Crippen molar-refractivity contribution in [2.24, 2.45) is 0 Å². The van der Waals surface area contributed by atoms with E-state index < -0.39 is 0 Å². The first-order valence-corrected chi connectivity index (χ1v) is 14.2. The lowest BCUT2D eigenvalue weighted by molar-refractivity contribution is -0.121. The van der Waals surface area contributed by atoms with Crippen LogP contribution in [0.15, 0.2) is 0 Å². The van der Waals surface area contributed by atoms with Crippen LogP contribution in [-0.2, 0) is 9.59 Å². The van der Waals surface area contributed by atoms with Crippen molar-refractivity contribution in [2.45, 2.75) is 174 Å². The SMILES string of the molecule is CCCCCCCCCCCCCCCCCCCC(=O)CCCCC(=O)CCCC. The van der Waals surface area contributed by atoms with E-state index in [-0.39, 0.29) is 0 Å². The van der Waals surface area contributed by atoms with Gasteiger partial charge in [0.2, 0.25) is 0 Å². The largest absolute Gasteiger partial charge is 0.300 e. The van der Waals surface area contributed by atoms with Crippen LogP contribution < -0.4 is 0 Å². The summed E-state index contributed by atoms with van der Waals surface area (Å²) in [4.78, 5) is 23.5. The minimum atomic E-state index is 0.377. The van der Waals surface area contributed by atoms with Gasteiger partial charge in [0.05, 0.1) is 0 Å². The molecule has 31 heavy (non-hydrogen) atoms. The van der Waals surface area contributed by atoms with Crippen molar-refractivity contribution in [1.29, 1.82) is 0 Å². The number of carbonyl (C=O) groups is 2. The highest BCUT2D eigenvalue weighted by Crippen LogP contribution is 2.15. The summed E-state index contributed by atoms with van der Waals surface area (Å²) >= 11 is 0. The first-order valence-electron chi connectivity index (χ1n) is 14.2. The number of rotatable bonds is 26. The molecule has 0 spiro atoms. The maximum absolute atomic E-state index is 11.9. The maximum Gasteiger partial charge on any atom is 0.132 e. The molecule has 0 unspecified atom stereocenters. The van der Waals surface area contributed by atoms with Crippen LogP contribution in [0, 0.1) is 0 Å². The van der Waals surface area contributed by atoms with E-state index >= 15 is 0 Å². The van der Waals surface area contributed by atoms with Gasteiger partial charge in [-0.15, -0.1) is 0 Å². The van der Waals surface area contributed by atoms with Gasteiger partial charge in [0, 0.05) is 25.7 Å². The molecule has 0 fully saturated rings. The van der Waals surface area contributed by atoms with Gasteiger partial charge in [0.1, 0.15) is 11.6 Å². The topological polar surface area (TPSA) is 34.1 Å². The van der Waals surface area contributed by atoms with Crippen LogP contribution in [0.4, 0.5) is 0 Å². The van der Waals surface area contributed by atoms with E-state index in [9.17, 15) is 9.59 Å². The van der Waals surface area contributed by atoms with Crippen molar-refractivity contribution >= 4 is 11.6 Å². The van der Waals surface area contributed by atoms with Crippen molar-refractivity contribution in [3.8, 4) is 0 Å². The second-order valence-electron chi connectivity index (χ2n) is 9.79. The summed E-state index contributed by atoms with van der Waals surface area (Å²) in [5.41, 5.74) is 0. The predicted octanol–water partition coefficient (Wildman–Crippen LogP) is 9.92. The van der Waals surface area contributed by atoms with Gasteiger partial charge in [-0.05, 0) is 25.7 Å². The maximum atomic E-state index is 11.9. The lowest BCUT2D eigenvalue weighted by atomic mass is 10.0. The first kappa shape index (κ1) is 30.3. The first-order chi connectivity index (χ1) is 15.2. The molecule has 184 valence electrons. The van der Waals surface area contributed by atoms with Crippen LogP contribution in [0.3, 0.4) is 0 Å². The van der Waals surface area contributed by atoms with Crippen molar-refractivity contribution in [1.82, 2.24) is 0 Å². The van der Waals surface area contributed by atoms with E-state index in [0.717, 1.165) is 44.9 Å².